The van der Waals surface area contributed by atoms with Crippen LogP contribution in [-0.4, -0.2) is 11.1 Å². The molecule has 0 amide bonds. The van der Waals surface area contributed by atoms with Crippen molar-refractivity contribution < 1.29 is 9.90 Å². The van der Waals surface area contributed by atoms with Crippen molar-refractivity contribution in [3.63, 3.8) is 0 Å². The van der Waals surface area contributed by atoms with E-state index in [9.17, 15) is 9.90 Å². The van der Waals surface area contributed by atoms with Crippen LogP contribution in [0.4, 0.5) is 0 Å². The molecule has 19 heavy (non-hydrogen) atoms. The maximum atomic E-state index is 12.2. The lowest BCUT2D eigenvalue weighted by molar-refractivity contribution is -0.165. The Morgan fingerprint density at radius 1 is 1.21 bits per heavy atom. The fraction of sp³-hybridized carbons (Fsp3) is 0.824. The molecule has 2 saturated carbocycles. The summed E-state index contributed by atoms with van der Waals surface area (Å²) in [6, 6.07) is 0. The Bertz CT molecular complexity index is 403. The standard InChI is InChI=1S/C17H26O2/c1-16(2,13-6-4-3-5-7-13)17(15(18)19)11-12-8-9-14(17)10-12/h8-9,12-14H,3-7,10-11H2,1-2H3,(H,18,19). The fourth-order valence-corrected chi connectivity index (χ4v) is 5.31. The highest BCUT2D eigenvalue weighted by Gasteiger charge is 2.63. The van der Waals surface area contributed by atoms with Gasteiger partial charge in [-0.05, 0) is 48.9 Å². The van der Waals surface area contributed by atoms with Gasteiger partial charge in [0.05, 0.1) is 5.41 Å². The molecule has 0 aromatic heterocycles. The summed E-state index contributed by atoms with van der Waals surface area (Å²) in [5.74, 6) is 0.834. The summed E-state index contributed by atoms with van der Waals surface area (Å²) in [5, 5.41) is 10.0. The number of hydrogen-bond acceptors (Lipinski definition) is 1. The van der Waals surface area contributed by atoms with Crippen LogP contribution in [0.2, 0.25) is 0 Å². The zero-order valence-electron chi connectivity index (χ0n) is 12.2. The van der Waals surface area contributed by atoms with Crippen LogP contribution in [0.1, 0.15) is 58.8 Å². The van der Waals surface area contributed by atoms with Gasteiger partial charge in [-0.1, -0.05) is 45.3 Å². The number of allylic oxidation sites excluding steroid dienone is 2. The molecule has 2 heteroatoms. The second kappa shape index (κ2) is 4.36. The van der Waals surface area contributed by atoms with E-state index in [4.69, 9.17) is 0 Å². The molecule has 0 aromatic carbocycles. The van der Waals surface area contributed by atoms with Crippen molar-refractivity contribution in [2.75, 3.05) is 0 Å². The maximum Gasteiger partial charge on any atom is 0.310 e. The molecule has 1 N–H and O–H groups in total. The van der Waals surface area contributed by atoms with Crippen molar-refractivity contribution in [1.82, 2.24) is 0 Å². The topological polar surface area (TPSA) is 37.3 Å². The van der Waals surface area contributed by atoms with E-state index >= 15 is 0 Å². The lowest BCUT2D eigenvalue weighted by Crippen LogP contribution is -2.51. The van der Waals surface area contributed by atoms with Crippen molar-refractivity contribution in [3.05, 3.63) is 12.2 Å². The highest BCUT2D eigenvalue weighted by molar-refractivity contribution is 5.78. The number of carboxylic acids is 1. The molecule has 2 nitrogen and oxygen atoms in total. The molecule has 0 spiro atoms. The number of fused-ring (bicyclic) bond motifs is 2. The summed E-state index contributed by atoms with van der Waals surface area (Å²) < 4.78 is 0. The van der Waals surface area contributed by atoms with Crippen molar-refractivity contribution in [2.24, 2.45) is 28.6 Å². The molecular weight excluding hydrogens is 236 g/mol. The second-order valence-electron chi connectivity index (χ2n) is 7.52. The third-order valence-electron chi connectivity index (χ3n) is 6.55. The van der Waals surface area contributed by atoms with E-state index in [1.165, 1.54) is 32.1 Å². The first kappa shape index (κ1) is 13.2. The zero-order valence-corrected chi connectivity index (χ0v) is 12.2. The average molecular weight is 262 g/mol. The second-order valence-corrected chi connectivity index (χ2v) is 7.52. The van der Waals surface area contributed by atoms with E-state index in [0.717, 1.165) is 12.8 Å². The van der Waals surface area contributed by atoms with Crippen LogP contribution in [0.5, 0.6) is 0 Å². The number of carboxylic acid groups (broad SMARTS) is 1. The predicted octanol–water partition coefficient (Wildman–Crippen LogP) is 4.26. The Morgan fingerprint density at radius 2 is 1.89 bits per heavy atom. The molecule has 0 radical (unpaired) electrons. The Morgan fingerprint density at radius 3 is 2.37 bits per heavy atom. The summed E-state index contributed by atoms with van der Waals surface area (Å²) >= 11 is 0. The van der Waals surface area contributed by atoms with Crippen molar-refractivity contribution in [2.45, 2.75) is 58.8 Å². The van der Waals surface area contributed by atoms with E-state index in [0.29, 0.717) is 11.8 Å². The molecular formula is C17H26O2. The van der Waals surface area contributed by atoms with Gasteiger partial charge in [-0.15, -0.1) is 0 Å². The highest BCUT2D eigenvalue weighted by atomic mass is 16.4. The quantitative estimate of drug-likeness (QED) is 0.772. The van der Waals surface area contributed by atoms with Crippen LogP contribution in [0.15, 0.2) is 12.2 Å². The molecule has 0 aliphatic heterocycles. The first-order valence-electron chi connectivity index (χ1n) is 7.90. The van der Waals surface area contributed by atoms with E-state index in [2.05, 4.69) is 26.0 Å². The first-order valence-corrected chi connectivity index (χ1v) is 7.90. The summed E-state index contributed by atoms with van der Waals surface area (Å²) in [6.45, 7) is 4.48. The third-order valence-corrected chi connectivity index (χ3v) is 6.55. The molecule has 3 aliphatic carbocycles. The van der Waals surface area contributed by atoms with Gasteiger partial charge in [0.25, 0.3) is 0 Å². The fourth-order valence-electron chi connectivity index (χ4n) is 5.31. The van der Waals surface area contributed by atoms with Gasteiger partial charge in [-0.3, -0.25) is 4.79 Å². The van der Waals surface area contributed by atoms with E-state index < -0.39 is 11.4 Å². The van der Waals surface area contributed by atoms with Crippen molar-refractivity contribution in [1.29, 1.82) is 0 Å². The average Bonchev–Trinajstić information content (AvgIpc) is 3.00. The smallest absolute Gasteiger partial charge is 0.310 e. The lowest BCUT2D eigenvalue weighted by Gasteiger charge is -2.50. The Balaban J connectivity index is 1.96. The van der Waals surface area contributed by atoms with Gasteiger partial charge >= 0.3 is 5.97 Å². The van der Waals surface area contributed by atoms with Gasteiger partial charge in [-0.2, -0.15) is 0 Å². The van der Waals surface area contributed by atoms with Gasteiger partial charge in [0, 0.05) is 0 Å². The maximum absolute atomic E-state index is 12.2. The molecule has 3 aliphatic rings. The lowest BCUT2D eigenvalue weighted by atomic mass is 9.52. The van der Waals surface area contributed by atoms with E-state index in [1.54, 1.807) is 0 Å². The van der Waals surface area contributed by atoms with Gasteiger partial charge in [0.15, 0.2) is 0 Å². The van der Waals surface area contributed by atoms with Gasteiger partial charge < -0.3 is 5.11 Å². The van der Waals surface area contributed by atoms with Crippen LogP contribution >= 0.6 is 0 Å². The molecule has 106 valence electrons. The van der Waals surface area contributed by atoms with Crippen LogP contribution < -0.4 is 0 Å². The molecule has 2 fully saturated rings. The van der Waals surface area contributed by atoms with Crippen molar-refractivity contribution in [3.8, 4) is 0 Å². The minimum atomic E-state index is -0.542. The van der Waals surface area contributed by atoms with Crippen molar-refractivity contribution >= 4 is 5.97 Å². The normalized spacial score (nSPS) is 38.8. The Kier molecular flexibility index (Phi) is 3.03. The minimum absolute atomic E-state index is 0.0799. The molecule has 0 saturated heterocycles. The van der Waals surface area contributed by atoms with Crippen LogP contribution in [0.25, 0.3) is 0 Å². The molecule has 0 aromatic rings. The van der Waals surface area contributed by atoms with Crippen LogP contribution in [-0.2, 0) is 4.79 Å². The summed E-state index contributed by atoms with van der Waals surface area (Å²) in [7, 11) is 0. The Hall–Kier alpha value is -0.790. The molecule has 2 bridgehead atoms. The minimum Gasteiger partial charge on any atom is -0.481 e. The SMILES string of the molecule is CC(C)(C1CCCCC1)C1(C(=O)O)CC2C=CC1C2. The highest BCUT2D eigenvalue weighted by Crippen LogP contribution is 2.64. The molecule has 3 rings (SSSR count). The van der Waals surface area contributed by atoms with E-state index in [1.807, 2.05) is 0 Å². The van der Waals surface area contributed by atoms with Gasteiger partial charge in [-0.25, -0.2) is 0 Å². The predicted molar refractivity (Wildman–Crippen MR) is 75.8 cm³/mol. The largest absolute Gasteiger partial charge is 0.481 e. The number of rotatable bonds is 3. The summed E-state index contributed by atoms with van der Waals surface area (Å²) in [4.78, 5) is 12.2. The monoisotopic (exact) mass is 262 g/mol. The van der Waals surface area contributed by atoms with Gasteiger partial charge in [0.2, 0.25) is 0 Å². The zero-order chi connectivity index (χ0) is 13.7. The molecule has 0 heterocycles. The summed E-state index contributed by atoms with van der Waals surface area (Å²) in [6.07, 6.45) is 12.7. The molecule has 3 unspecified atom stereocenters. The Labute approximate surface area is 116 Å². The number of hydrogen-bond donors (Lipinski definition) is 1. The summed E-state index contributed by atoms with van der Waals surface area (Å²) in [5.41, 5.74) is -0.585. The number of aliphatic carboxylic acids is 1. The van der Waals surface area contributed by atoms with Crippen LogP contribution in [0.3, 0.4) is 0 Å². The number of carbonyl (C=O) groups is 1. The van der Waals surface area contributed by atoms with E-state index in [-0.39, 0.29) is 11.3 Å². The first-order chi connectivity index (χ1) is 8.98. The van der Waals surface area contributed by atoms with Gasteiger partial charge in [0.1, 0.15) is 0 Å². The third kappa shape index (κ3) is 1.71. The van der Waals surface area contributed by atoms with Crippen LogP contribution in [0, 0.1) is 28.6 Å². The molecule has 3 atom stereocenters.